The van der Waals surface area contributed by atoms with Crippen molar-refractivity contribution in [2.24, 2.45) is 0 Å². The molecule has 0 aromatic rings. The summed E-state index contributed by atoms with van der Waals surface area (Å²) in [5, 5.41) is 0. The molecule has 0 aliphatic carbocycles. The molecule has 0 bridgehead atoms. The molecule has 0 unspecified atom stereocenters. The van der Waals surface area contributed by atoms with Gasteiger partial charge in [-0.3, -0.25) is 0 Å². The van der Waals surface area contributed by atoms with Gasteiger partial charge in [0.1, 0.15) is 0 Å². The molecule has 0 heterocycles. The summed E-state index contributed by atoms with van der Waals surface area (Å²) in [6.07, 6.45) is 0. The topological polar surface area (TPSA) is 0 Å². The molecule has 0 rings (SSSR count). The summed E-state index contributed by atoms with van der Waals surface area (Å²) >= 11 is 0. The van der Waals surface area contributed by atoms with Crippen molar-refractivity contribution in [2.75, 3.05) is 0 Å². The molecule has 5 heteroatoms. The van der Waals surface area contributed by atoms with Gasteiger partial charge in [-0.1, -0.05) is 0 Å². The zero-order chi connectivity index (χ0) is 0. The summed E-state index contributed by atoms with van der Waals surface area (Å²) in [5.41, 5.74) is 0. The molecule has 0 aliphatic heterocycles. The smallest absolute Gasteiger partial charge is 0 e. The molecule has 0 saturated heterocycles. The van der Waals surface area contributed by atoms with Gasteiger partial charge >= 0.3 is 47.0 Å². The first kappa shape index (κ1) is 36.6. The van der Waals surface area contributed by atoms with E-state index in [1.54, 1.807) is 0 Å². The Bertz CT molecular complexity index is 11.6. The quantitative estimate of drug-likeness (QED) is 0.333. The molecule has 0 saturated carbocycles. The Kier molecular flexibility index (Phi) is 182. The molecule has 0 aromatic carbocycles. The molecular formula is H4MgNbSnWZr. The SMILES string of the molecule is [MgH2].[Nb].[SnH2].[W].[Zr]. The van der Waals surface area contributed by atoms with Crippen LogP contribution >= 0.6 is 0 Å². The van der Waals surface area contributed by atoms with Gasteiger partial charge in [0.25, 0.3) is 0 Å². The van der Waals surface area contributed by atoms with Crippen LogP contribution in [0.25, 0.3) is 0 Å². The Morgan fingerprint density at radius 2 is 1.00 bits per heavy atom. The van der Waals surface area contributed by atoms with Crippen LogP contribution in [0.1, 0.15) is 0 Å². The van der Waals surface area contributed by atoms with E-state index in [1.165, 1.54) is 0 Å². The Morgan fingerprint density at radius 3 is 1.00 bits per heavy atom. The van der Waals surface area contributed by atoms with Crippen LogP contribution in [0.3, 0.4) is 0 Å². The van der Waals surface area contributed by atoms with Crippen molar-refractivity contribution in [3.63, 3.8) is 0 Å². The van der Waals surface area contributed by atoms with Crippen LogP contribution in [-0.4, -0.2) is 47.0 Å². The van der Waals surface area contributed by atoms with E-state index in [0.29, 0.717) is 0 Å². The van der Waals surface area contributed by atoms with Gasteiger partial charge in [-0.25, -0.2) is 0 Å². The molecule has 0 fully saturated rings. The summed E-state index contributed by atoms with van der Waals surface area (Å²) in [5.74, 6) is 0. The average Bonchev–Trinajstić information content (AvgIpc) is 0. The van der Waals surface area contributed by atoms with Crippen molar-refractivity contribution >= 4 is 47.0 Å². The van der Waals surface area contributed by atoms with Gasteiger partial charge < -0.3 is 0 Å². The second-order valence-corrected chi connectivity index (χ2v) is 0. The van der Waals surface area contributed by atoms with Gasteiger partial charge in [0.05, 0.1) is 0 Å². The fourth-order valence-corrected chi connectivity index (χ4v) is 0. The van der Waals surface area contributed by atoms with E-state index >= 15 is 0 Å². The van der Waals surface area contributed by atoms with Gasteiger partial charge in [-0.15, -0.1) is 0 Å². The Hall–Kier alpha value is 3.88. The van der Waals surface area contributed by atoms with Gasteiger partial charge in [0.15, 0.2) is 0 Å². The first-order chi connectivity index (χ1) is 0. The van der Waals surface area contributed by atoms with Crippen molar-refractivity contribution in [2.45, 2.75) is 0 Å². The molecule has 25 valence electrons. The molecule has 0 aromatic heterocycles. The van der Waals surface area contributed by atoms with Gasteiger partial charge in [0, 0.05) is 69.6 Å². The van der Waals surface area contributed by atoms with Gasteiger partial charge in [0.2, 0.25) is 0 Å². The molecule has 3 radical (unpaired) electrons. The average molecular weight is 515 g/mol. The Labute approximate surface area is 114 Å². The minimum atomic E-state index is 0. The predicted molar refractivity (Wildman–Crippen MR) is 17.1 cm³/mol. The third kappa shape index (κ3) is 18.1. The second-order valence-electron chi connectivity index (χ2n) is 0. The minimum Gasteiger partial charge on any atom is 0 e. The molecule has 0 spiro atoms. The Morgan fingerprint density at radius 1 is 1.00 bits per heavy atom. The van der Waals surface area contributed by atoms with E-state index in [4.69, 9.17) is 0 Å². The van der Waals surface area contributed by atoms with Crippen molar-refractivity contribution in [1.82, 2.24) is 0 Å². The third-order valence-electron chi connectivity index (χ3n) is 0. The van der Waals surface area contributed by atoms with Crippen LogP contribution in [0.4, 0.5) is 0 Å². The summed E-state index contributed by atoms with van der Waals surface area (Å²) < 4.78 is 0. The predicted octanol–water partition coefficient (Wildman–Crippen LogP) is -1.84. The van der Waals surface area contributed by atoms with Crippen LogP contribution < -0.4 is 0 Å². The molecule has 0 N–H and O–H groups in total. The summed E-state index contributed by atoms with van der Waals surface area (Å²) in [4.78, 5) is 0. The number of hydrogen-bond acceptors (Lipinski definition) is 0. The van der Waals surface area contributed by atoms with Crippen LogP contribution in [-0.2, 0) is 69.6 Å². The van der Waals surface area contributed by atoms with E-state index < -0.39 is 0 Å². The fourth-order valence-electron chi connectivity index (χ4n) is 0. The monoisotopic (exact) mass is 515 g/mol. The van der Waals surface area contributed by atoms with Crippen LogP contribution in [0.5, 0.6) is 0 Å². The standard InChI is InChI=1S/Mg.Nb.Sn.W.Zr.4H. The number of rotatable bonds is 0. The fraction of sp³-hybridized carbons (Fsp3) is 0. The summed E-state index contributed by atoms with van der Waals surface area (Å²) in [7, 11) is 0. The molecule has 0 atom stereocenters. The zero-order valence-corrected chi connectivity index (χ0v) is 13.7. The van der Waals surface area contributed by atoms with Crippen molar-refractivity contribution in [3.05, 3.63) is 0 Å². The van der Waals surface area contributed by atoms with E-state index in [9.17, 15) is 0 Å². The third-order valence-corrected chi connectivity index (χ3v) is 0. The van der Waals surface area contributed by atoms with Crippen LogP contribution in [0, 0.1) is 0 Å². The Balaban J connectivity index is 0. The zero-order valence-electron chi connectivity index (χ0n) is 2.06. The maximum atomic E-state index is 0. The molecule has 5 heavy (non-hydrogen) atoms. The van der Waals surface area contributed by atoms with E-state index in [0.717, 1.165) is 0 Å². The molecule has 0 amide bonds. The maximum Gasteiger partial charge on any atom is 0 e. The van der Waals surface area contributed by atoms with Gasteiger partial charge in [-0.05, 0) is 0 Å². The minimum absolute atomic E-state index is 0. The molecule has 0 nitrogen and oxygen atoms in total. The first-order valence-electron chi connectivity index (χ1n) is 0. The van der Waals surface area contributed by atoms with E-state index in [1.807, 2.05) is 0 Å². The summed E-state index contributed by atoms with van der Waals surface area (Å²) in [6.45, 7) is 0. The second kappa shape index (κ2) is 24.8. The molecular weight excluding hydrogens is 511 g/mol. The van der Waals surface area contributed by atoms with Crippen molar-refractivity contribution in [1.29, 1.82) is 0 Å². The van der Waals surface area contributed by atoms with Crippen LogP contribution in [0.15, 0.2) is 0 Å². The maximum absolute atomic E-state index is 0. The van der Waals surface area contributed by atoms with Crippen molar-refractivity contribution < 1.29 is 69.6 Å². The van der Waals surface area contributed by atoms with Crippen LogP contribution in [0.2, 0.25) is 0 Å². The first-order valence-corrected chi connectivity index (χ1v) is 0. The van der Waals surface area contributed by atoms with E-state index in [-0.39, 0.29) is 117 Å². The largest absolute Gasteiger partial charge is 0 e. The normalized spacial score (nSPS) is 0. The number of hydrogen-bond donors (Lipinski definition) is 0. The van der Waals surface area contributed by atoms with Crippen molar-refractivity contribution in [3.8, 4) is 0 Å². The molecule has 0 aliphatic rings. The summed E-state index contributed by atoms with van der Waals surface area (Å²) in [6, 6.07) is 0. The van der Waals surface area contributed by atoms with Gasteiger partial charge in [-0.2, -0.15) is 0 Å². The van der Waals surface area contributed by atoms with E-state index in [2.05, 4.69) is 0 Å².